The number of rotatable bonds is 3. The average molecular weight is 422 g/mol. The number of nitrogens with two attached hydrogens (primary N) is 1. The topological polar surface area (TPSA) is 81.0 Å². The molecular formula is C11H9BrIN3O2. The van der Waals surface area contributed by atoms with Gasteiger partial charge in [-0.2, -0.15) is 0 Å². The van der Waals surface area contributed by atoms with Crippen molar-refractivity contribution in [3.63, 3.8) is 0 Å². The maximum atomic E-state index is 11.4. The summed E-state index contributed by atoms with van der Waals surface area (Å²) >= 11 is 5.26. The maximum absolute atomic E-state index is 11.4. The molecule has 0 unspecified atom stereocenters. The van der Waals surface area contributed by atoms with Crippen LogP contribution in [0.15, 0.2) is 33.8 Å². The normalized spacial score (nSPS) is 10.4. The van der Waals surface area contributed by atoms with Gasteiger partial charge in [0.15, 0.2) is 0 Å². The third-order valence-corrected chi connectivity index (χ3v) is 3.66. The van der Waals surface area contributed by atoms with Crippen LogP contribution in [0.3, 0.4) is 0 Å². The van der Waals surface area contributed by atoms with E-state index in [1.165, 1.54) is 6.33 Å². The van der Waals surface area contributed by atoms with Gasteiger partial charge < -0.3 is 15.5 Å². The number of benzene rings is 1. The SMILES string of the molecule is NCc1cc(Br)ccc1Oc1nc[nH]c(=O)c1I. The molecule has 0 atom stereocenters. The lowest BCUT2D eigenvalue weighted by molar-refractivity contribution is 0.451. The van der Waals surface area contributed by atoms with Gasteiger partial charge in [0.25, 0.3) is 5.56 Å². The molecule has 0 bridgehead atoms. The zero-order valence-corrected chi connectivity index (χ0v) is 12.9. The minimum Gasteiger partial charge on any atom is -0.437 e. The molecule has 0 saturated heterocycles. The number of hydrogen-bond acceptors (Lipinski definition) is 4. The van der Waals surface area contributed by atoms with Crippen LogP contribution in [0.5, 0.6) is 11.6 Å². The van der Waals surface area contributed by atoms with Crippen molar-refractivity contribution in [1.29, 1.82) is 0 Å². The lowest BCUT2D eigenvalue weighted by atomic mass is 10.2. The second-order valence-electron chi connectivity index (χ2n) is 3.41. The number of aromatic nitrogens is 2. The van der Waals surface area contributed by atoms with Crippen LogP contribution in [0.1, 0.15) is 5.56 Å². The molecule has 0 fully saturated rings. The molecular weight excluding hydrogens is 413 g/mol. The zero-order chi connectivity index (χ0) is 13.1. The third-order valence-electron chi connectivity index (χ3n) is 2.21. The Bertz CT molecular complexity index is 630. The van der Waals surface area contributed by atoms with Crippen molar-refractivity contribution in [1.82, 2.24) is 9.97 Å². The summed E-state index contributed by atoms with van der Waals surface area (Å²) in [6.45, 7) is 0.342. The fourth-order valence-electron chi connectivity index (χ4n) is 1.35. The number of H-pyrrole nitrogens is 1. The predicted molar refractivity (Wildman–Crippen MR) is 79.7 cm³/mol. The van der Waals surface area contributed by atoms with Gasteiger partial charge in [-0.3, -0.25) is 4.79 Å². The van der Waals surface area contributed by atoms with E-state index in [2.05, 4.69) is 25.9 Å². The highest BCUT2D eigenvalue weighted by molar-refractivity contribution is 14.1. The van der Waals surface area contributed by atoms with Gasteiger partial charge in [-0.25, -0.2) is 4.98 Å². The van der Waals surface area contributed by atoms with Crippen LogP contribution >= 0.6 is 38.5 Å². The Morgan fingerprint density at radius 1 is 1.50 bits per heavy atom. The van der Waals surface area contributed by atoms with E-state index < -0.39 is 0 Å². The lowest BCUT2D eigenvalue weighted by Crippen LogP contribution is -2.11. The van der Waals surface area contributed by atoms with E-state index in [0.29, 0.717) is 15.9 Å². The summed E-state index contributed by atoms with van der Waals surface area (Å²) in [6, 6.07) is 5.50. The molecule has 2 aromatic rings. The first-order valence-electron chi connectivity index (χ1n) is 5.01. The van der Waals surface area contributed by atoms with Gasteiger partial charge in [-0.1, -0.05) is 15.9 Å². The van der Waals surface area contributed by atoms with Gasteiger partial charge in [0.05, 0.1) is 6.33 Å². The average Bonchev–Trinajstić information content (AvgIpc) is 2.37. The van der Waals surface area contributed by atoms with Gasteiger partial charge in [0.2, 0.25) is 5.88 Å². The molecule has 1 aromatic heterocycles. The molecule has 0 aliphatic heterocycles. The molecule has 94 valence electrons. The van der Waals surface area contributed by atoms with Crippen molar-refractivity contribution in [2.45, 2.75) is 6.54 Å². The monoisotopic (exact) mass is 421 g/mol. The van der Waals surface area contributed by atoms with Gasteiger partial charge in [0, 0.05) is 16.6 Å². The number of nitrogens with zero attached hydrogens (tertiary/aromatic N) is 1. The molecule has 1 aromatic carbocycles. The lowest BCUT2D eigenvalue weighted by Gasteiger charge is -2.10. The first kappa shape index (κ1) is 13.5. The Kier molecular flexibility index (Phi) is 4.36. The Hall–Kier alpha value is -0.930. The largest absolute Gasteiger partial charge is 0.437 e. The van der Waals surface area contributed by atoms with Gasteiger partial charge >= 0.3 is 0 Å². The first-order chi connectivity index (χ1) is 8.61. The van der Waals surface area contributed by atoms with Crippen molar-refractivity contribution in [2.75, 3.05) is 0 Å². The second kappa shape index (κ2) is 5.81. The molecule has 5 nitrogen and oxygen atoms in total. The van der Waals surface area contributed by atoms with Gasteiger partial charge in [-0.05, 0) is 40.8 Å². The molecule has 0 saturated carbocycles. The standard InChI is InChI=1S/C11H9BrIN3O2/c12-7-1-2-8(6(3-7)4-14)18-11-9(13)10(17)15-5-16-11/h1-3,5H,4,14H2,(H,15,16,17). The molecule has 0 spiro atoms. The third kappa shape index (κ3) is 2.90. The summed E-state index contributed by atoms with van der Waals surface area (Å²) in [5, 5.41) is 0. The number of hydrogen-bond donors (Lipinski definition) is 2. The molecule has 18 heavy (non-hydrogen) atoms. The summed E-state index contributed by atoms with van der Waals surface area (Å²) in [6.07, 6.45) is 1.31. The summed E-state index contributed by atoms with van der Waals surface area (Å²) in [7, 11) is 0. The van der Waals surface area contributed by atoms with Gasteiger partial charge in [0.1, 0.15) is 9.32 Å². The van der Waals surface area contributed by atoms with Crippen LogP contribution in [0, 0.1) is 3.57 Å². The molecule has 3 N–H and O–H groups in total. The quantitative estimate of drug-likeness (QED) is 0.745. The Morgan fingerprint density at radius 3 is 3.00 bits per heavy atom. The number of halogens is 2. The zero-order valence-electron chi connectivity index (χ0n) is 9.11. The van der Waals surface area contributed by atoms with E-state index in [1.54, 1.807) is 6.07 Å². The van der Waals surface area contributed by atoms with Crippen LogP contribution < -0.4 is 16.0 Å². The summed E-state index contributed by atoms with van der Waals surface area (Å²) < 4.78 is 6.95. The van der Waals surface area contributed by atoms with E-state index >= 15 is 0 Å². The Balaban J connectivity index is 2.40. The van der Waals surface area contributed by atoms with Crippen LogP contribution in [0.2, 0.25) is 0 Å². The van der Waals surface area contributed by atoms with Crippen molar-refractivity contribution < 1.29 is 4.74 Å². The molecule has 2 rings (SSSR count). The van der Waals surface area contributed by atoms with Crippen molar-refractivity contribution in [3.05, 3.63) is 48.5 Å². The second-order valence-corrected chi connectivity index (χ2v) is 5.40. The Labute approximate surface area is 125 Å². The minimum atomic E-state index is -0.230. The van der Waals surface area contributed by atoms with Gasteiger partial charge in [-0.15, -0.1) is 0 Å². The summed E-state index contributed by atoms with van der Waals surface area (Å²) in [5.74, 6) is 0.869. The van der Waals surface area contributed by atoms with Crippen molar-refractivity contribution in [2.24, 2.45) is 5.73 Å². The smallest absolute Gasteiger partial charge is 0.268 e. The number of aromatic amines is 1. The first-order valence-corrected chi connectivity index (χ1v) is 6.88. The van der Waals surface area contributed by atoms with E-state index in [1.807, 2.05) is 34.7 Å². The van der Waals surface area contributed by atoms with Crippen molar-refractivity contribution in [3.8, 4) is 11.6 Å². The molecule has 0 aliphatic carbocycles. The van der Waals surface area contributed by atoms with Crippen LogP contribution in [-0.4, -0.2) is 9.97 Å². The van der Waals surface area contributed by atoms with E-state index in [0.717, 1.165) is 10.0 Å². The molecule has 0 radical (unpaired) electrons. The van der Waals surface area contributed by atoms with Crippen LogP contribution in [-0.2, 0) is 6.54 Å². The molecule has 7 heteroatoms. The van der Waals surface area contributed by atoms with E-state index in [-0.39, 0.29) is 11.4 Å². The predicted octanol–water partition coefficient (Wildman–Crippen LogP) is 2.39. The maximum Gasteiger partial charge on any atom is 0.268 e. The Morgan fingerprint density at radius 2 is 2.28 bits per heavy atom. The highest BCUT2D eigenvalue weighted by Crippen LogP contribution is 2.27. The molecule has 0 amide bonds. The van der Waals surface area contributed by atoms with E-state index in [9.17, 15) is 4.79 Å². The van der Waals surface area contributed by atoms with Crippen LogP contribution in [0.25, 0.3) is 0 Å². The fraction of sp³-hybridized carbons (Fsp3) is 0.0909. The number of ether oxygens (including phenoxy) is 1. The van der Waals surface area contributed by atoms with Crippen molar-refractivity contribution >= 4 is 38.5 Å². The highest BCUT2D eigenvalue weighted by atomic mass is 127. The summed E-state index contributed by atoms with van der Waals surface area (Å²) in [4.78, 5) is 17.9. The minimum absolute atomic E-state index is 0.230. The van der Waals surface area contributed by atoms with E-state index in [4.69, 9.17) is 10.5 Å². The summed E-state index contributed by atoms with van der Waals surface area (Å²) in [5.41, 5.74) is 6.26. The molecule has 1 heterocycles. The highest BCUT2D eigenvalue weighted by Gasteiger charge is 2.10. The van der Waals surface area contributed by atoms with Crippen LogP contribution in [0.4, 0.5) is 0 Å². The fourth-order valence-corrected chi connectivity index (χ4v) is 2.16. The molecule has 0 aliphatic rings. The number of nitrogens with one attached hydrogen (secondary N) is 1.